The maximum absolute atomic E-state index is 12.7. The minimum absolute atomic E-state index is 0.121. The summed E-state index contributed by atoms with van der Waals surface area (Å²) >= 11 is 0. The first-order chi connectivity index (χ1) is 11.9. The summed E-state index contributed by atoms with van der Waals surface area (Å²) in [6.45, 7) is 4.37. The van der Waals surface area contributed by atoms with Crippen LogP contribution in [0.15, 0.2) is 26.4 Å². The van der Waals surface area contributed by atoms with E-state index in [-0.39, 0.29) is 24.4 Å². The van der Waals surface area contributed by atoms with E-state index < -0.39 is 11.2 Å². The average molecular weight is 347 g/mol. The van der Waals surface area contributed by atoms with Gasteiger partial charge in [-0.05, 0) is 12.8 Å². The summed E-state index contributed by atoms with van der Waals surface area (Å²) < 4.78 is 7.45. The third kappa shape index (κ3) is 3.26. The van der Waals surface area contributed by atoms with Crippen LogP contribution in [-0.4, -0.2) is 36.6 Å². The molecule has 1 aliphatic heterocycles. The van der Waals surface area contributed by atoms with Gasteiger partial charge < -0.3 is 9.42 Å². The van der Waals surface area contributed by atoms with Crippen LogP contribution in [0, 0.1) is 0 Å². The van der Waals surface area contributed by atoms with Gasteiger partial charge in [0.05, 0.1) is 6.04 Å². The highest BCUT2D eigenvalue weighted by Crippen LogP contribution is 2.31. The van der Waals surface area contributed by atoms with E-state index in [9.17, 15) is 14.4 Å². The number of carbonyl (C=O) groups excluding carboxylic acids is 1. The lowest BCUT2D eigenvalue weighted by atomic mass is 10.2. The number of hydrogen-bond donors (Lipinski definition) is 0. The maximum atomic E-state index is 12.7. The van der Waals surface area contributed by atoms with E-state index in [2.05, 4.69) is 10.1 Å². The first-order valence-corrected chi connectivity index (χ1v) is 8.28. The fraction of sp³-hybridized carbons (Fsp3) is 0.562. The molecule has 1 saturated heterocycles. The van der Waals surface area contributed by atoms with E-state index in [4.69, 9.17) is 4.52 Å². The fourth-order valence-corrected chi connectivity index (χ4v) is 2.92. The SMILES string of the molecule is CC(C)c1nc(C2CCCN2C(=O)Cn2ccc(=O)n(C)c2=O)no1. The largest absolute Gasteiger partial charge is 0.339 e. The van der Waals surface area contributed by atoms with Gasteiger partial charge >= 0.3 is 5.69 Å². The van der Waals surface area contributed by atoms with Gasteiger partial charge in [0.25, 0.3) is 5.56 Å². The van der Waals surface area contributed by atoms with E-state index in [1.807, 2.05) is 13.8 Å². The number of rotatable bonds is 4. The van der Waals surface area contributed by atoms with Crippen molar-refractivity contribution in [3.8, 4) is 0 Å². The van der Waals surface area contributed by atoms with E-state index in [0.29, 0.717) is 18.3 Å². The average Bonchev–Trinajstić information content (AvgIpc) is 3.23. The van der Waals surface area contributed by atoms with Crippen molar-refractivity contribution < 1.29 is 9.32 Å². The molecule has 0 N–H and O–H groups in total. The molecule has 1 aliphatic rings. The van der Waals surface area contributed by atoms with Gasteiger partial charge in [0.2, 0.25) is 11.8 Å². The van der Waals surface area contributed by atoms with Crippen molar-refractivity contribution in [3.63, 3.8) is 0 Å². The molecule has 3 heterocycles. The Hall–Kier alpha value is -2.71. The summed E-state index contributed by atoms with van der Waals surface area (Å²) in [5, 5.41) is 4.01. The predicted molar refractivity (Wildman–Crippen MR) is 88.0 cm³/mol. The van der Waals surface area contributed by atoms with Crippen molar-refractivity contribution in [2.45, 2.75) is 45.2 Å². The summed E-state index contributed by atoms with van der Waals surface area (Å²) in [5.41, 5.74) is -0.918. The Balaban J connectivity index is 1.80. The predicted octanol–water partition coefficient (Wildman–Crippen LogP) is 0.417. The highest BCUT2D eigenvalue weighted by atomic mass is 16.5. The van der Waals surface area contributed by atoms with Gasteiger partial charge in [-0.1, -0.05) is 19.0 Å². The molecule has 0 aromatic carbocycles. The fourth-order valence-electron chi connectivity index (χ4n) is 2.92. The zero-order chi connectivity index (χ0) is 18.1. The first kappa shape index (κ1) is 17.1. The van der Waals surface area contributed by atoms with Gasteiger partial charge in [-0.3, -0.25) is 18.7 Å². The Morgan fingerprint density at radius 2 is 2.16 bits per heavy atom. The van der Waals surface area contributed by atoms with Gasteiger partial charge in [0.15, 0.2) is 5.82 Å². The number of hydrogen-bond acceptors (Lipinski definition) is 6. The van der Waals surface area contributed by atoms with Crippen molar-refractivity contribution in [2.24, 2.45) is 7.05 Å². The first-order valence-electron chi connectivity index (χ1n) is 8.28. The molecule has 1 atom stereocenters. The van der Waals surface area contributed by atoms with E-state index in [0.717, 1.165) is 17.4 Å². The van der Waals surface area contributed by atoms with Gasteiger partial charge in [-0.25, -0.2) is 4.79 Å². The molecule has 0 bridgehead atoms. The van der Waals surface area contributed by atoms with Crippen LogP contribution in [0.4, 0.5) is 0 Å². The molecule has 0 aliphatic carbocycles. The Morgan fingerprint density at radius 1 is 1.40 bits per heavy atom. The van der Waals surface area contributed by atoms with E-state index in [1.165, 1.54) is 23.9 Å². The summed E-state index contributed by atoms with van der Waals surface area (Å²) in [6, 6.07) is 1.02. The highest BCUT2D eigenvalue weighted by Gasteiger charge is 2.33. The second kappa shape index (κ2) is 6.66. The molecule has 2 aromatic heterocycles. The lowest BCUT2D eigenvalue weighted by molar-refractivity contribution is -0.133. The van der Waals surface area contributed by atoms with Gasteiger partial charge in [0.1, 0.15) is 6.54 Å². The monoisotopic (exact) mass is 347 g/mol. The maximum Gasteiger partial charge on any atom is 0.331 e. The number of amides is 1. The van der Waals surface area contributed by atoms with Crippen LogP contribution in [0.1, 0.15) is 50.4 Å². The Labute approximate surface area is 143 Å². The van der Waals surface area contributed by atoms with Gasteiger partial charge in [-0.15, -0.1) is 0 Å². The van der Waals surface area contributed by atoms with Gasteiger partial charge in [0, 0.05) is 31.8 Å². The lowest BCUT2D eigenvalue weighted by Crippen LogP contribution is -2.41. The third-order valence-corrected chi connectivity index (χ3v) is 4.39. The number of aromatic nitrogens is 4. The van der Waals surface area contributed by atoms with Crippen LogP contribution < -0.4 is 11.2 Å². The zero-order valence-electron chi connectivity index (χ0n) is 14.5. The second-order valence-corrected chi connectivity index (χ2v) is 6.51. The summed E-state index contributed by atoms with van der Waals surface area (Å²) in [7, 11) is 1.39. The van der Waals surface area contributed by atoms with E-state index in [1.54, 1.807) is 4.90 Å². The van der Waals surface area contributed by atoms with Gasteiger partial charge in [-0.2, -0.15) is 4.98 Å². The third-order valence-electron chi connectivity index (χ3n) is 4.39. The van der Waals surface area contributed by atoms with Crippen LogP contribution in [-0.2, 0) is 18.4 Å². The van der Waals surface area contributed by atoms with Crippen molar-refractivity contribution in [2.75, 3.05) is 6.54 Å². The van der Waals surface area contributed by atoms with Crippen molar-refractivity contribution in [3.05, 3.63) is 44.8 Å². The quantitative estimate of drug-likeness (QED) is 0.794. The smallest absolute Gasteiger partial charge is 0.331 e. The lowest BCUT2D eigenvalue weighted by Gasteiger charge is -2.22. The molecule has 3 rings (SSSR count). The molecule has 1 amide bonds. The molecule has 9 nitrogen and oxygen atoms in total. The minimum atomic E-state index is -0.516. The van der Waals surface area contributed by atoms with E-state index >= 15 is 0 Å². The van der Waals surface area contributed by atoms with Crippen LogP contribution in [0.3, 0.4) is 0 Å². The molecule has 1 unspecified atom stereocenters. The van der Waals surface area contributed by atoms with Crippen LogP contribution >= 0.6 is 0 Å². The number of nitrogens with zero attached hydrogens (tertiary/aromatic N) is 5. The standard InChI is InChI=1S/C16H21N5O4/c1-10(2)15-17-14(18-25-15)11-5-4-7-21(11)13(23)9-20-8-6-12(22)19(3)16(20)24/h6,8,10-11H,4-5,7,9H2,1-3H3. The molecule has 134 valence electrons. The number of carbonyl (C=O) groups is 1. The molecule has 0 saturated carbocycles. The molecular formula is C16H21N5O4. The normalized spacial score (nSPS) is 17.4. The molecule has 0 spiro atoms. The summed E-state index contributed by atoms with van der Waals surface area (Å²) in [4.78, 5) is 42.3. The van der Waals surface area contributed by atoms with Crippen LogP contribution in [0.2, 0.25) is 0 Å². The van der Waals surface area contributed by atoms with Crippen molar-refractivity contribution in [1.82, 2.24) is 24.2 Å². The Morgan fingerprint density at radius 3 is 2.84 bits per heavy atom. The zero-order valence-corrected chi connectivity index (χ0v) is 14.5. The molecule has 1 fully saturated rings. The Kier molecular flexibility index (Phi) is 4.56. The summed E-state index contributed by atoms with van der Waals surface area (Å²) in [5.74, 6) is 0.959. The Bertz CT molecular complexity index is 894. The van der Waals surface area contributed by atoms with Crippen LogP contribution in [0.25, 0.3) is 0 Å². The molecule has 25 heavy (non-hydrogen) atoms. The highest BCUT2D eigenvalue weighted by molar-refractivity contribution is 5.76. The molecular weight excluding hydrogens is 326 g/mol. The molecule has 9 heteroatoms. The van der Waals surface area contributed by atoms with Crippen molar-refractivity contribution >= 4 is 5.91 Å². The topological polar surface area (TPSA) is 103 Å². The second-order valence-electron chi connectivity index (χ2n) is 6.51. The molecule has 0 radical (unpaired) electrons. The minimum Gasteiger partial charge on any atom is -0.339 e. The molecule has 2 aromatic rings. The van der Waals surface area contributed by atoms with Crippen molar-refractivity contribution in [1.29, 1.82) is 0 Å². The summed E-state index contributed by atoms with van der Waals surface area (Å²) in [6.07, 6.45) is 2.94. The number of likely N-dealkylation sites (tertiary alicyclic amines) is 1. The van der Waals surface area contributed by atoms with Crippen LogP contribution in [0.5, 0.6) is 0 Å².